The zero-order valence-electron chi connectivity index (χ0n) is 13.2. The molecule has 2 aliphatic carbocycles. The summed E-state index contributed by atoms with van der Waals surface area (Å²) in [5.41, 5.74) is 0.226. The first kappa shape index (κ1) is 15.7. The second-order valence-corrected chi connectivity index (χ2v) is 6.40. The van der Waals surface area contributed by atoms with Crippen molar-refractivity contribution in [3.8, 4) is 11.9 Å². The fourth-order valence-electron chi connectivity index (χ4n) is 3.48. The van der Waals surface area contributed by atoms with E-state index in [-0.39, 0.29) is 29.7 Å². The minimum Gasteiger partial charge on any atom is -0.472 e. The molecule has 0 spiro atoms. The summed E-state index contributed by atoms with van der Waals surface area (Å²) in [4.78, 5) is 20.2. The first-order valence-electron chi connectivity index (χ1n) is 8.44. The molecule has 0 bridgehead atoms. The van der Waals surface area contributed by atoms with Crippen molar-refractivity contribution < 1.29 is 9.53 Å². The van der Waals surface area contributed by atoms with E-state index in [0.29, 0.717) is 5.88 Å². The van der Waals surface area contributed by atoms with E-state index in [1.165, 1.54) is 25.2 Å². The smallest absolute Gasteiger partial charge is 0.251 e. The number of aromatic nitrogens is 2. The molecule has 0 aliphatic heterocycles. The summed E-state index contributed by atoms with van der Waals surface area (Å²) < 4.78 is 5.82. The maximum atomic E-state index is 12.2. The van der Waals surface area contributed by atoms with Crippen molar-refractivity contribution in [1.82, 2.24) is 15.3 Å². The van der Waals surface area contributed by atoms with Crippen LogP contribution in [0.4, 0.5) is 0 Å². The number of nitriles is 1. The van der Waals surface area contributed by atoms with Crippen molar-refractivity contribution in [2.75, 3.05) is 0 Å². The number of nitrogens with zero attached hydrogens (tertiary/aromatic N) is 3. The van der Waals surface area contributed by atoms with Crippen molar-refractivity contribution in [2.45, 2.75) is 63.5 Å². The Hall–Kier alpha value is -2.16. The third-order valence-corrected chi connectivity index (χ3v) is 4.80. The zero-order chi connectivity index (χ0) is 16.1. The summed E-state index contributed by atoms with van der Waals surface area (Å²) in [6, 6.07) is 2.25. The number of hydrogen-bond donors (Lipinski definition) is 1. The Morgan fingerprint density at radius 1 is 1.13 bits per heavy atom. The Morgan fingerprint density at radius 3 is 2.52 bits per heavy atom. The Balaban J connectivity index is 1.47. The van der Waals surface area contributed by atoms with Gasteiger partial charge in [-0.25, -0.2) is 9.97 Å². The van der Waals surface area contributed by atoms with Gasteiger partial charge in [0, 0.05) is 24.4 Å². The van der Waals surface area contributed by atoms with Gasteiger partial charge in [-0.15, -0.1) is 0 Å². The first-order chi connectivity index (χ1) is 11.3. The van der Waals surface area contributed by atoms with E-state index in [1.807, 2.05) is 6.07 Å². The van der Waals surface area contributed by atoms with Crippen LogP contribution >= 0.6 is 0 Å². The summed E-state index contributed by atoms with van der Waals surface area (Å²) in [6.07, 6.45) is 11.0. The maximum Gasteiger partial charge on any atom is 0.251 e. The van der Waals surface area contributed by atoms with Crippen molar-refractivity contribution in [2.24, 2.45) is 5.92 Å². The second-order valence-electron chi connectivity index (χ2n) is 6.40. The number of carbonyl (C=O) groups excluding carboxylic acids is 1. The Labute approximate surface area is 136 Å². The van der Waals surface area contributed by atoms with Crippen LogP contribution in [-0.4, -0.2) is 28.0 Å². The Morgan fingerprint density at radius 2 is 1.83 bits per heavy atom. The largest absolute Gasteiger partial charge is 0.472 e. The lowest BCUT2D eigenvalue weighted by Gasteiger charge is -2.29. The van der Waals surface area contributed by atoms with Crippen LogP contribution in [0.3, 0.4) is 0 Å². The van der Waals surface area contributed by atoms with Crippen LogP contribution in [0.5, 0.6) is 5.88 Å². The first-order valence-corrected chi connectivity index (χ1v) is 8.44. The Kier molecular flexibility index (Phi) is 5.06. The van der Waals surface area contributed by atoms with Crippen LogP contribution in [0, 0.1) is 17.2 Å². The average Bonchev–Trinajstić information content (AvgIpc) is 3.12. The van der Waals surface area contributed by atoms with Crippen molar-refractivity contribution in [1.29, 1.82) is 5.26 Å². The number of rotatable bonds is 4. The molecule has 2 fully saturated rings. The number of carbonyl (C=O) groups is 1. The molecule has 1 N–H and O–H groups in total. The predicted octanol–water partition coefficient (Wildman–Crippen LogP) is 2.34. The van der Waals surface area contributed by atoms with Gasteiger partial charge in [-0.3, -0.25) is 4.79 Å². The van der Waals surface area contributed by atoms with Crippen LogP contribution in [0.2, 0.25) is 0 Å². The number of hydrogen-bond acceptors (Lipinski definition) is 5. The van der Waals surface area contributed by atoms with Crippen molar-refractivity contribution in [3.63, 3.8) is 0 Å². The average molecular weight is 314 g/mol. The number of amides is 1. The number of nitrogens with one attached hydrogen (secondary N) is 1. The highest BCUT2D eigenvalue weighted by Gasteiger charge is 2.28. The maximum absolute atomic E-state index is 12.2. The van der Waals surface area contributed by atoms with Crippen LogP contribution in [0.15, 0.2) is 12.4 Å². The molecule has 2 saturated carbocycles. The molecule has 1 aromatic heterocycles. The minimum atomic E-state index is 0.0402. The quantitative estimate of drug-likeness (QED) is 0.921. The van der Waals surface area contributed by atoms with E-state index >= 15 is 0 Å². The SMILES string of the molecule is N#Cc1nccnc1OC1CCC(NC(=O)C2CCCC2)CC1. The zero-order valence-corrected chi connectivity index (χ0v) is 13.2. The van der Waals surface area contributed by atoms with Crippen LogP contribution in [-0.2, 0) is 4.79 Å². The molecule has 2 aliphatic rings. The summed E-state index contributed by atoms with van der Waals surface area (Å²) in [5, 5.41) is 12.2. The topological polar surface area (TPSA) is 87.9 Å². The van der Waals surface area contributed by atoms with Crippen LogP contribution in [0.1, 0.15) is 57.1 Å². The molecular weight excluding hydrogens is 292 g/mol. The van der Waals surface area contributed by atoms with Gasteiger partial charge in [-0.05, 0) is 38.5 Å². The van der Waals surface area contributed by atoms with Gasteiger partial charge >= 0.3 is 0 Å². The molecule has 23 heavy (non-hydrogen) atoms. The fraction of sp³-hybridized carbons (Fsp3) is 0.647. The predicted molar refractivity (Wildman–Crippen MR) is 83.5 cm³/mol. The monoisotopic (exact) mass is 314 g/mol. The van der Waals surface area contributed by atoms with Gasteiger partial charge in [0.2, 0.25) is 11.6 Å². The molecule has 0 atom stereocenters. The van der Waals surface area contributed by atoms with Gasteiger partial charge < -0.3 is 10.1 Å². The highest BCUT2D eigenvalue weighted by Crippen LogP contribution is 2.27. The normalized spacial score (nSPS) is 24.8. The van der Waals surface area contributed by atoms with Gasteiger partial charge in [0.25, 0.3) is 5.88 Å². The molecule has 1 aromatic rings. The van der Waals surface area contributed by atoms with E-state index < -0.39 is 0 Å². The van der Waals surface area contributed by atoms with Crippen molar-refractivity contribution in [3.05, 3.63) is 18.1 Å². The van der Waals surface area contributed by atoms with E-state index in [1.54, 1.807) is 0 Å². The third-order valence-electron chi connectivity index (χ3n) is 4.80. The molecular formula is C17H22N4O2. The molecule has 6 nitrogen and oxygen atoms in total. The molecule has 122 valence electrons. The third kappa shape index (κ3) is 3.98. The lowest BCUT2D eigenvalue weighted by Crippen LogP contribution is -2.42. The minimum absolute atomic E-state index is 0.0402. The lowest BCUT2D eigenvalue weighted by molar-refractivity contribution is -0.125. The summed E-state index contributed by atoms with van der Waals surface area (Å²) in [7, 11) is 0. The molecule has 1 amide bonds. The van der Waals surface area contributed by atoms with Crippen molar-refractivity contribution >= 4 is 5.91 Å². The molecule has 3 rings (SSSR count). The molecule has 1 heterocycles. The fourth-order valence-corrected chi connectivity index (χ4v) is 3.48. The van der Waals surface area contributed by atoms with E-state index in [9.17, 15) is 4.79 Å². The summed E-state index contributed by atoms with van der Waals surface area (Å²) >= 11 is 0. The van der Waals surface area contributed by atoms with E-state index in [4.69, 9.17) is 10.00 Å². The standard InChI is InChI=1S/C17H22N4O2/c18-11-15-17(20-10-9-19-15)23-14-7-5-13(6-8-14)21-16(22)12-3-1-2-4-12/h9-10,12-14H,1-8H2,(H,21,22). The Bertz CT molecular complexity index is 585. The molecule has 0 unspecified atom stereocenters. The van der Waals surface area contributed by atoms with E-state index in [2.05, 4.69) is 15.3 Å². The van der Waals surface area contributed by atoms with E-state index in [0.717, 1.165) is 38.5 Å². The molecule has 0 radical (unpaired) electrons. The number of ether oxygens (including phenoxy) is 1. The van der Waals surface area contributed by atoms with Gasteiger partial charge in [0.1, 0.15) is 12.2 Å². The van der Waals surface area contributed by atoms with Crippen LogP contribution < -0.4 is 10.1 Å². The van der Waals surface area contributed by atoms with Crippen LogP contribution in [0.25, 0.3) is 0 Å². The highest BCUT2D eigenvalue weighted by atomic mass is 16.5. The summed E-state index contributed by atoms with van der Waals surface area (Å²) in [5.74, 6) is 0.766. The summed E-state index contributed by atoms with van der Waals surface area (Å²) in [6.45, 7) is 0. The molecule has 0 saturated heterocycles. The van der Waals surface area contributed by atoms with Gasteiger partial charge in [-0.1, -0.05) is 12.8 Å². The highest BCUT2D eigenvalue weighted by molar-refractivity contribution is 5.79. The van der Waals surface area contributed by atoms with Gasteiger partial charge in [0.05, 0.1) is 0 Å². The molecule has 6 heteroatoms. The second kappa shape index (κ2) is 7.40. The lowest BCUT2D eigenvalue weighted by atomic mass is 9.92. The van der Waals surface area contributed by atoms with Gasteiger partial charge in [0.15, 0.2) is 0 Å². The van der Waals surface area contributed by atoms with Gasteiger partial charge in [-0.2, -0.15) is 5.26 Å². The molecule has 0 aromatic carbocycles.